The molecule has 6 heteroatoms. The Morgan fingerprint density at radius 3 is 2.53 bits per heavy atom. The Bertz CT molecular complexity index is 604. The topological polar surface area (TPSA) is 70.0 Å². The van der Waals surface area contributed by atoms with E-state index in [-0.39, 0.29) is 15.5 Å². The molecule has 0 spiro atoms. The highest BCUT2D eigenvalue weighted by Crippen LogP contribution is 2.22. The lowest BCUT2D eigenvalue weighted by atomic mass is 10.0. The minimum atomic E-state index is -3.63. The molecule has 1 rings (SSSR count). The number of nitrogens with zero attached hydrogens (tertiary/aromatic N) is 1. The lowest BCUT2D eigenvalue weighted by Crippen LogP contribution is -2.43. The molecule has 0 radical (unpaired) electrons. The molecule has 0 heterocycles. The van der Waals surface area contributed by atoms with Gasteiger partial charge in [-0.25, -0.2) is 13.1 Å². The van der Waals surface area contributed by atoms with Crippen LogP contribution in [0.5, 0.6) is 0 Å². The summed E-state index contributed by atoms with van der Waals surface area (Å²) in [6, 6.07) is 5.98. The summed E-state index contributed by atoms with van der Waals surface area (Å²) in [6.45, 7) is 5.66. The second-order valence-corrected chi connectivity index (χ2v) is 7.08. The van der Waals surface area contributed by atoms with Crippen molar-refractivity contribution in [3.63, 3.8) is 0 Å². The molecule has 0 atom stereocenters. The first-order valence-corrected chi connectivity index (χ1v) is 7.81. The van der Waals surface area contributed by atoms with E-state index >= 15 is 0 Å². The first-order chi connectivity index (χ1) is 8.72. The highest BCUT2D eigenvalue weighted by molar-refractivity contribution is 7.89. The zero-order chi connectivity index (χ0) is 14.7. The number of nitriles is 1. The van der Waals surface area contributed by atoms with Crippen molar-refractivity contribution < 1.29 is 8.42 Å². The van der Waals surface area contributed by atoms with Crippen LogP contribution in [0, 0.1) is 11.3 Å². The monoisotopic (exact) mass is 300 g/mol. The Morgan fingerprint density at radius 2 is 2.05 bits per heavy atom. The van der Waals surface area contributed by atoms with Gasteiger partial charge >= 0.3 is 0 Å². The summed E-state index contributed by atoms with van der Waals surface area (Å²) in [5, 5.41) is 8.91. The summed E-state index contributed by atoms with van der Waals surface area (Å²) in [5.41, 5.74) is -0.262. The van der Waals surface area contributed by atoms with Gasteiger partial charge in [-0.15, -0.1) is 0 Å². The molecule has 0 fully saturated rings. The average Bonchev–Trinajstić information content (AvgIpc) is 2.27. The largest absolute Gasteiger partial charge is 0.241 e. The third kappa shape index (κ3) is 4.20. The van der Waals surface area contributed by atoms with E-state index in [1.165, 1.54) is 18.2 Å². The van der Waals surface area contributed by atoms with Crippen LogP contribution in [0.3, 0.4) is 0 Å². The van der Waals surface area contributed by atoms with Crippen LogP contribution < -0.4 is 4.72 Å². The van der Waals surface area contributed by atoms with Crippen LogP contribution in [0.25, 0.3) is 0 Å². The van der Waals surface area contributed by atoms with E-state index < -0.39 is 15.6 Å². The highest BCUT2D eigenvalue weighted by atomic mass is 35.5. The molecule has 4 nitrogen and oxygen atoms in total. The van der Waals surface area contributed by atoms with Gasteiger partial charge in [0.25, 0.3) is 0 Å². The molecule has 0 amide bonds. The maximum absolute atomic E-state index is 12.2. The van der Waals surface area contributed by atoms with Gasteiger partial charge in [0.15, 0.2) is 0 Å². The summed E-state index contributed by atoms with van der Waals surface area (Å²) in [6.07, 6.45) is 1.61. The van der Waals surface area contributed by atoms with Crippen molar-refractivity contribution in [2.45, 2.75) is 44.0 Å². The van der Waals surface area contributed by atoms with E-state index in [9.17, 15) is 8.42 Å². The molecule has 0 saturated heterocycles. The lowest BCUT2D eigenvalue weighted by molar-refractivity contribution is 0.418. The maximum atomic E-state index is 12.2. The molecule has 19 heavy (non-hydrogen) atoms. The Labute approximate surface area is 119 Å². The van der Waals surface area contributed by atoms with Crippen molar-refractivity contribution in [1.29, 1.82) is 5.26 Å². The molecule has 0 unspecified atom stereocenters. The Morgan fingerprint density at radius 1 is 1.42 bits per heavy atom. The number of halogens is 1. The maximum Gasteiger partial charge on any atom is 0.241 e. The fraction of sp³-hybridized carbons (Fsp3) is 0.462. The summed E-state index contributed by atoms with van der Waals surface area (Å²) in [4.78, 5) is 0.0701. The first-order valence-electron chi connectivity index (χ1n) is 5.95. The van der Waals surface area contributed by atoms with E-state index in [0.717, 1.165) is 12.8 Å². The molecule has 0 aliphatic carbocycles. The summed E-state index contributed by atoms with van der Waals surface area (Å²) in [7, 11) is -3.63. The predicted molar refractivity (Wildman–Crippen MR) is 75.5 cm³/mol. The van der Waals surface area contributed by atoms with Gasteiger partial charge in [0.1, 0.15) is 6.07 Å². The van der Waals surface area contributed by atoms with Crippen molar-refractivity contribution in [2.24, 2.45) is 0 Å². The first kappa shape index (κ1) is 16.0. The van der Waals surface area contributed by atoms with Gasteiger partial charge in [0, 0.05) is 5.54 Å². The van der Waals surface area contributed by atoms with Crippen LogP contribution in [0.2, 0.25) is 5.02 Å². The minimum Gasteiger partial charge on any atom is -0.207 e. The lowest BCUT2D eigenvalue weighted by Gasteiger charge is -2.25. The number of hydrogen-bond donors (Lipinski definition) is 1. The van der Waals surface area contributed by atoms with Gasteiger partial charge in [-0.2, -0.15) is 5.26 Å². The molecular weight excluding hydrogens is 284 g/mol. The summed E-state index contributed by atoms with van der Waals surface area (Å²) >= 11 is 5.85. The van der Waals surface area contributed by atoms with Crippen molar-refractivity contribution in [3.8, 4) is 6.07 Å². The van der Waals surface area contributed by atoms with Crippen molar-refractivity contribution in [1.82, 2.24) is 4.72 Å². The molecule has 0 bridgehead atoms. The fourth-order valence-corrected chi connectivity index (χ4v) is 3.61. The minimum absolute atomic E-state index is 0.0701. The van der Waals surface area contributed by atoms with Crippen LogP contribution in [-0.2, 0) is 10.0 Å². The third-order valence-electron chi connectivity index (χ3n) is 2.66. The van der Waals surface area contributed by atoms with Crippen molar-refractivity contribution >= 4 is 21.6 Å². The van der Waals surface area contributed by atoms with E-state index in [4.69, 9.17) is 16.9 Å². The molecule has 1 aromatic carbocycles. The SMILES string of the molecule is CCCC(C)(C)NS(=O)(=O)c1ccc(C#N)c(Cl)c1. The van der Waals surface area contributed by atoms with E-state index in [1.54, 1.807) is 0 Å². The zero-order valence-corrected chi connectivity index (χ0v) is 12.8. The van der Waals surface area contributed by atoms with Gasteiger partial charge in [-0.1, -0.05) is 24.9 Å². The number of sulfonamides is 1. The molecule has 1 aromatic rings. The van der Waals surface area contributed by atoms with Gasteiger partial charge < -0.3 is 0 Å². The normalized spacial score (nSPS) is 12.2. The van der Waals surface area contributed by atoms with Crippen LogP contribution in [0.4, 0.5) is 0 Å². The average molecular weight is 301 g/mol. The van der Waals surface area contributed by atoms with Crippen LogP contribution in [-0.4, -0.2) is 14.0 Å². The second-order valence-electron chi connectivity index (χ2n) is 4.99. The standard InChI is InChI=1S/C13H17ClN2O2S/c1-4-7-13(2,3)16-19(17,18)11-6-5-10(9-15)12(14)8-11/h5-6,8,16H,4,7H2,1-3H3. The van der Waals surface area contributed by atoms with Crippen LogP contribution >= 0.6 is 11.6 Å². The molecule has 0 aliphatic heterocycles. The fourth-order valence-electron chi connectivity index (χ4n) is 1.85. The molecule has 0 aromatic heterocycles. The highest BCUT2D eigenvalue weighted by Gasteiger charge is 2.25. The summed E-state index contributed by atoms with van der Waals surface area (Å²) < 4.78 is 27.1. The van der Waals surface area contributed by atoms with Crippen molar-refractivity contribution in [3.05, 3.63) is 28.8 Å². The number of nitrogens with one attached hydrogen (secondary N) is 1. The molecular formula is C13H17ClN2O2S. The zero-order valence-electron chi connectivity index (χ0n) is 11.2. The van der Waals surface area contributed by atoms with Gasteiger partial charge in [-0.05, 0) is 38.5 Å². The molecule has 0 saturated carbocycles. The number of rotatable bonds is 5. The van der Waals surface area contributed by atoms with Gasteiger partial charge in [-0.3, -0.25) is 0 Å². The Hall–Kier alpha value is -1.09. The second kappa shape index (κ2) is 5.91. The summed E-state index contributed by atoms with van der Waals surface area (Å²) in [5.74, 6) is 0. The Balaban J connectivity index is 3.08. The van der Waals surface area contributed by atoms with Crippen LogP contribution in [0.1, 0.15) is 39.2 Å². The molecule has 0 aliphatic rings. The van der Waals surface area contributed by atoms with E-state index in [2.05, 4.69) is 4.72 Å². The number of benzene rings is 1. The quantitative estimate of drug-likeness (QED) is 0.908. The van der Waals surface area contributed by atoms with E-state index in [1.807, 2.05) is 26.8 Å². The smallest absolute Gasteiger partial charge is 0.207 e. The Kier molecular flexibility index (Phi) is 4.97. The van der Waals surface area contributed by atoms with E-state index in [0.29, 0.717) is 0 Å². The predicted octanol–water partition coefficient (Wildman–Crippen LogP) is 3.07. The molecule has 1 N–H and O–H groups in total. The molecule has 104 valence electrons. The van der Waals surface area contributed by atoms with Crippen molar-refractivity contribution in [2.75, 3.05) is 0 Å². The van der Waals surface area contributed by atoms with Gasteiger partial charge in [0.05, 0.1) is 15.5 Å². The third-order valence-corrected chi connectivity index (χ3v) is 4.67. The number of hydrogen-bond acceptors (Lipinski definition) is 3. The van der Waals surface area contributed by atoms with Gasteiger partial charge in [0.2, 0.25) is 10.0 Å². The van der Waals surface area contributed by atoms with Crippen LogP contribution in [0.15, 0.2) is 23.1 Å².